The minimum atomic E-state index is -0.845. The summed E-state index contributed by atoms with van der Waals surface area (Å²) in [4.78, 5) is 12.1. The van der Waals surface area contributed by atoms with Gasteiger partial charge in [0.2, 0.25) is 0 Å². The molecule has 4 heteroatoms. The van der Waals surface area contributed by atoms with E-state index in [1.165, 1.54) is 0 Å². The molecule has 0 aromatic heterocycles. The number of hydrogen-bond acceptors (Lipinski definition) is 2. The largest absolute Gasteiger partial charge is 0.478 e. The zero-order valence-corrected chi connectivity index (χ0v) is 11.6. The standard InChI is InChI=1S/C12H13BrO2S/c1-12(2)3-4-16-10-8(11(14)15)5-7(13)6-9(10)12/h5-6H,3-4H2,1-2H3,(H,14,15). The van der Waals surface area contributed by atoms with Crippen LogP contribution in [0.15, 0.2) is 21.5 Å². The van der Waals surface area contributed by atoms with Gasteiger partial charge in [0.25, 0.3) is 0 Å². The van der Waals surface area contributed by atoms with Gasteiger partial charge < -0.3 is 5.11 Å². The van der Waals surface area contributed by atoms with E-state index in [-0.39, 0.29) is 5.41 Å². The van der Waals surface area contributed by atoms with Crippen LogP contribution in [0.3, 0.4) is 0 Å². The van der Waals surface area contributed by atoms with Gasteiger partial charge in [-0.3, -0.25) is 0 Å². The Hall–Kier alpha value is -0.480. The first-order valence-electron chi connectivity index (χ1n) is 5.12. The molecular formula is C12H13BrO2S. The first kappa shape index (κ1) is 12.0. The molecule has 0 unspecified atom stereocenters. The van der Waals surface area contributed by atoms with E-state index in [1.807, 2.05) is 6.07 Å². The quantitative estimate of drug-likeness (QED) is 0.854. The first-order chi connectivity index (χ1) is 7.42. The van der Waals surface area contributed by atoms with Crippen molar-refractivity contribution in [2.45, 2.75) is 30.6 Å². The lowest BCUT2D eigenvalue weighted by Crippen LogP contribution is -2.24. The number of aromatic carboxylic acids is 1. The number of carbonyl (C=O) groups is 1. The number of carboxylic acids is 1. The Labute approximate surface area is 108 Å². The molecule has 1 N–H and O–H groups in total. The van der Waals surface area contributed by atoms with Crippen LogP contribution >= 0.6 is 27.7 Å². The van der Waals surface area contributed by atoms with Gasteiger partial charge in [0.1, 0.15) is 0 Å². The fourth-order valence-corrected chi connectivity index (χ4v) is 4.02. The van der Waals surface area contributed by atoms with Crippen LogP contribution in [0.4, 0.5) is 0 Å². The van der Waals surface area contributed by atoms with Crippen LogP contribution in [0.2, 0.25) is 0 Å². The summed E-state index contributed by atoms with van der Waals surface area (Å²) in [6.45, 7) is 4.34. The zero-order chi connectivity index (χ0) is 11.9. The van der Waals surface area contributed by atoms with Gasteiger partial charge in [-0.1, -0.05) is 29.8 Å². The van der Waals surface area contributed by atoms with Crippen LogP contribution in [0.5, 0.6) is 0 Å². The van der Waals surface area contributed by atoms with Crippen LogP contribution in [0.25, 0.3) is 0 Å². The highest BCUT2D eigenvalue weighted by Gasteiger charge is 2.31. The predicted molar refractivity (Wildman–Crippen MR) is 69.5 cm³/mol. The Morgan fingerprint density at radius 2 is 2.19 bits per heavy atom. The van der Waals surface area contributed by atoms with Gasteiger partial charge in [-0.2, -0.15) is 0 Å². The van der Waals surface area contributed by atoms with Crippen molar-refractivity contribution in [2.24, 2.45) is 0 Å². The SMILES string of the molecule is CC1(C)CCSc2c(C(=O)O)cc(Br)cc21. The minimum Gasteiger partial charge on any atom is -0.478 e. The summed E-state index contributed by atoms with van der Waals surface area (Å²) in [6, 6.07) is 3.74. The van der Waals surface area contributed by atoms with E-state index < -0.39 is 5.97 Å². The molecule has 2 rings (SSSR count). The normalized spacial score (nSPS) is 17.9. The summed E-state index contributed by atoms with van der Waals surface area (Å²) >= 11 is 5.04. The van der Waals surface area contributed by atoms with Crippen LogP contribution in [0, 0.1) is 0 Å². The molecule has 2 nitrogen and oxygen atoms in total. The summed E-state index contributed by atoms with van der Waals surface area (Å²) in [7, 11) is 0. The molecule has 86 valence electrons. The molecule has 0 spiro atoms. The Morgan fingerprint density at radius 3 is 2.81 bits per heavy atom. The minimum absolute atomic E-state index is 0.0641. The Kier molecular flexibility index (Phi) is 3.05. The summed E-state index contributed by atoms with van der Waals surface area (Å²) in [5.41, 5.74) is 1.63. The lowest BCUT2D eigenvalue weighted by molar-refractivity contribution is 0.0692. The van der Waals surface area contributed by atoms with Crippen molar-refractivity contribution in [3.05, 3.63) is 27.7 Å². The second-order valence-electron chi connectivity index (χ2n) is 4.62. The van der Waals surface area contributed by atoms with Gasteiger partial charge in [0, 0.05) is 9.37 Å². The van der Waals surface area contributed by atoms with E-state index >= 15 is 0 Å². The molecule has 0 saturated heterocycles. The smallest absolute Gasteiger partial charge is 0.336 e. The Bertz CT molecular complexity index is 455. The van der Waals surface area contributed by atoms with Crippen LogP contribution in [-0.4, -0.2) is 16.8 Å². The average Bonchev–Trinajstić information content (AvgIpc) is 2.17. The highest BCUT2D eigenvalue weighted by Crippen LogP contribution is 2.44. The number of halogens is 1. The van der Waals surface area contributed by atoms with Crippen molar-refractivity contribution in [1.82, 2.24) is 0 Å². The number of rotatable bonds is 1. The molecule has 0 fully saturated rings. The summed E-state index contributed by atoms with van der Waals surface area (Å²) in [5.74, 6) is 0.143. The maximum Gasteiger partial charge on any atom is 0.336 e. The first-order valence-corrected chi connectivity index (χ1v) is 6.90. The molecule has 1 aromatic rings. The second kappa shape index (κ2) is 4.08. The van der Waals surface area contributed by atoms with E-state index in [9.17, 15) is 9.90 Å². The topological polar surface area (TPSA) is 37.3 Å². The van der Waals surface area contributed by atoms with E-state index in [1.54, 1.807) is 17.8 Å². The second-order valence-corrected chi connectivity index (χ2v) is 6.64. The van der Waals surface area contributed by atoms with E-state index in [2.05, 4.69) is 29.8 Å². The number of carboxylic acid groups (broad SMARTS) is 1. The maximum absolute atomic E-state index is 11.2. The molecular weight excluding hydrogens is 288 g/mol. The number of hydrogen-bond donors (Lipinski definition) is 1. The van der Waals surface area contributed by atoms with Crippen molar-refractivity contribution in [2.75, 3.05) is 5.75 Å². The summed E-state index contributed by atoms with van der Waals surface area (Å²) in [6.07, 6.45) is 1.08. The molecule has 1 aliphatic rings. The molecule has 0 aliphatic carbocycles. The van der Waals surface area contributed by atoms with Gasteiger partial charge in [0.05, 0.1) is 5.56 Å². The van der Waals surface area contributed by atoms with E-state index in [4.69, 9.17) is 0 Å². The molecule has 0 saturated carbocycles. The molecule has 0 bridgehead atoms. The van der Waals surface area contributed by atoms with Crippen molar-refractivity contribution in [3.8, 4) is 0 Å². The zero-order valence-electron chi connectivity index (χ0n) is 9.21. The Balaban J connectivity index is 2.68. The van der Waals surface area contributed by atoms with E-state index in [0.29, 0.717) is 5.56 Å². The number of fused-ring (bicyclic) bond motifs is 1. The number of benzene rings is 1. The highest BCUT2D eigenvalue weighted by atomic mass is 79.9. The lowest BCUT2D eigenvalue weighted by atomic mass is 9.81. The van der Waals surface area contributed by atoms with Crippen molar-refractivity contribution in [3.63, 3.8) is 0 Å². The predicted octanol–water partition coefficient (Wildman–Crippen LogP) is 3.92. The molecule has 0 amide bonds. The summed E-state index contributed by atoms with van der Waals surface area (Å²) < 4.78 is 0.847. The van der Waals surface area contributed by atoms with Gasteiger partial charge in [-0.05, 0) is 35.3 Å². The Morgan fingerprint density at radius 1 is 1.50 bits per heavy atom. The van der Waals surface area contributed by atoms with Crippen molar-refractivity contribution < 1.29 is 9.90 Å². The highest BCUT2D eigenvalue weighted by molar-refractivity contribution is 9.10. The van der Waals surface area contributed by atoms with Crippen LogP contribution in [-0.2, 0) is 5.41 Å². The van der Waals surface area contributed by atoms with Gasteiger partial charge in [-0.25, -0.2) is 4.79 Å². The van der Waals surface area contributed by atoms with Crippen LogP contribution < -0.4 is 0 Å². The molecule has 1 heterocycles. The number of thioether (sulfide) groups is 1. The monoisotopic (exact) mass is 300 g/mol. The van der Waals surface area contributed by atoms with Gasteiger partial charge in [0.15, 0.2) is 0 Å². The maximum atomic E-state index is 11.2. The molecule has 1 aromatic carbocycles. The van der Waals surface area contributed by atoms with Crippen molar-refractivity contribution in [1.29, 1.82) is 0 Å². The molecule has 0 atom stereocenters. The average molecular weight is 301 g/mol. The van der Waals surface area contributed by atoms with Crippen LogP contribution in [0.1, 0.15) is 36.2 Å². The lowest BCUT2D eigenvalue weighted by Gasteiger charge is -2.33. The third-order valence-corrected chi connectivity index (χ3v) is 4.58. The third-order valence-electron chi connectivity index (χ3n) is 2.99. The molecule has 16 heavy (non-hydrogen) atoms. The van der Waals surface area contributed by atoms with E-state index in [0.717, 1.165) is 27.1 Å². The fourth-order valence-electron chi connectivity index (χ4n) is 1.95. The third kappa shape index (κ3) is 2.00. The molecule has 1 aliphatic heterocycles. The summed E-state index contributed by atoms with van der Waals surface area (Å²) in [5, 5.41) is 9.20. The van der Waals surface area contributed by atoms with Gasteiger partial charge >= 0.3 is 5.97 Å². The molecule has 0 radical (unpaired) electrons. The van der Waals surface area contributed by atoms with Crippen molar-refractivity contribution >= 4 is 33.7 Å². The fraction of sp³-hybridized carbons (Fsp3) is 0.417. The van der Waals surface area contributed by atoms with Gasteiger partial charge in [-0.15, -0.1) is 11.8 Å².